The number of aryl methyl sites for hydroxylation is 2. The van der Waals surface area contributed by atoms with Gasteiger partial charge in [0.15, 0.2) is 0 Å². The van der Waals surface area contributed by atoms with Crippen LogP contribution < -0.4 is 4.74 Å². The number of piperidine rings is 1. The third-order valence-electron chi connectivity index (χ3n) is 4.84. The molecule has 3 aromatic rings. The number of aromatic nitrogens is 5. The van der Waals surface area contributed by atoms with Gasteiger partial charge >= 0.3 is 6.01 Å². The Morgan fingerprint density at radius 2 is 1.71 bits per heavy atom. The van der Waals surface area contributed by atoms with Gasteiger partial charge in [0.1, 0.15) is 18.8 Å². The minimum atomic E-state index is 0.0115. The van der Waals surface area contributed by atoms with Crippen LogP contribution in [0.5, 0.6) is 6.01 Å². The highest BCUT2D eigenvalue weighted by atomic mass is 16.5. The summed E-state index contributed by atoms with van der Waals surface area (Å²) in [5, 5.41) is 7.70. The van der Waals surface area contributed by atoms with Crippen molar-refractivity contribution in [2.45, 2.75) is 32.8 Å². The Kier molecular flexibility index (Phi) is 5.01. The number of ether oxygens (including phenoxy) is 1. The van der Waals surface area contributed by atoms with E-state index in [2.05, 4.69) is 20.2 Å². The second-order valence-corrected chi connectivity index (χ2v) is 7.04. The molecule has 8 heteroatoms. The summed E-state index contributed by atoms with van der Waals surface area (Å²) in [7, 11) is 0. The first-order valence-electron chi connectivity index (χ1n) is 9.30. The normalized spacial score (nSPS) is 14.9. The molecule has 0 radical (unpaired) electrons. The van der Waals surface area contributed by atoms with E-state index in [4.69, 9.17) is 4.74 Å². The molecule has 1 saturated heterocycles. The Hall–Kier alpha value is -3.29. The number of carbonyl (C=O) groups is 1. The second kappa shape index (κ2) is 7.75. The zero-order valence-electron chi connectivity index (χ0n) is 15.9. The molecule has 8 nitrogen and oxygen atoms in total. The SMILES string of the molecule is Cc1cnc(OC2CCN(C(=O)c3cc(C)ccc3-n3cnnc3)CC2)nc1. The number of hydrogen-bond donors (Lipinski definition) is 0. The van der Waals surface area contributed by atoms with Crippen LogP contribution in [0.15, 0.2) is 43.2 Å². The van der Waals surface area contributed by atoms with Gasteiger partial charge in [-0.25, -0.2) is 9.97 Å². The van der Waals surface area contributed by atoms with Gasteiger partial charge in [-0.3, -0.25) is 9.36 Å². The van der Waals surface area contributed by atoms with Gasteiger partial charge in [-0.1, -0.05) is 11.6 Å². The van der Waals surface area contributed by atoms with Gasteiger partial charge in [0.25, 0.3) is 5.91 Å². The molecule has 1 aromatic carbocycles. The van der Waals surface area contributed by atoms with Gasteiger partial charge in [0, 0.05) is 38.3 Å². The fraction of sp³-hybridized carbons (Fsp3) is 0.350. The molecule has 1 aliphatic rings. The van der Waals surface area contributed by atoms with Gasteiger partial charge in [0.05, 0.1) is 11.3 Å². The van der Waals surface area contributed by atoms with Crippen LogP contribution in [0.1, 0.15) is 34.3 Å². The minimum absolute atomic E-state index is 0.0115. The van der Waals surface area contributed by atoms with E-state index in [1.165, 1.54) is 0 Å². The highest BCUT2D eigenvalue weighted by Gasteiger charge is 2.27. The minimum Gasteiger partial charge on any atom is -0.460 e. The fourth-order valence-electron chi connectivity index (χ4n) is 3.31. The number of carbonyl (C=O) groups excluding carboxylic acids is 1. The van der Waals surface area contributed by atoms with Gasteiger partial charge < -0.3 is 9.64 Å². The van der Waals surface area contributed by atoms with Crippen LogP contribution in [0.3, 0.4) is 0 Å². The first-order valence-corrected chi connectivity index (χ1v) is 9.30. The zero-order chi connectivity index (χ0) is 19.5. The molecule has 1 fully saturated rings. The summed E-state index contributed by atoms with van der Waals surface area (Å²) >= 11 is 0. The average molecular weight is 378 g/mol. The molecule has 0 atom stereocenters. The Labute approximate surface area is 163 Å². The maximum atomic E-state index is 13.2. The topological polar surface area (TPSA) is 86.0 Å². The van der Waals surface area contributed by atoms with Gasteiger partial charge in [-0.05, 0) is 31.5 Å². The summed E-state index contributed by atoms with van der Waals surface area (Å²) in [5.74, 6) is 0.0115. The van der Waals surface area contributed by atoms with Crippen molar-refractivity contribution in [2.75, 3.05) is 13.1 Å². The van der Waals surface area contributed by atoms with E-state index in [0.717, 1.165) is 29.7 Å². The van der Waals surface area contributed by atoms with E-state index in [1.54, 1.807) is 29.6 Å². The highest BCUT2D eigenvalue weighted by Crippen LogP contribution is 2.22. The third-order valence-corrected chi connectivity index (χ3v) is 4.84. The summed E-state index contributed by atoms with van der Waals surface area (Å²) in [6.07, 6.45) is 8.19. The van der Waals surface area contributed by atoms with E-state index >= 15 is 0 Å². The largest absolute Gasteiger partial charge is 0.460 e. The molecule has 0 spiro atoms. The standard InChI is InChI=1S/C20H22N6O2/c1-14-3-4-18(26-12-23-24-13-26)17(9-14)19(27)25-7-5-16(6-8-25)28-20-21-10-15(2)11-22-20/h3-4,9-13,16H,5-8H2,1-2H3. The van der Waals surface area contributed by atoms with Crippen molar-refractivity contribution >= 4 is 5.91 Å². The first kappa shape index (κ1) is 18.1. The lowest BCUT2D eigenvalue weighted by Gasteiger charge is -2.32. The van der Waals surface area contributed by atoms with Crippen molar-refractivity contribution in [3.05, 3.63) is 59.9 Å². The van der Waals surface area contributed by atoms with Crippen LogP contribution in [0, 0.1) is 13.8 Å². The summed E-state index contributed by atoms with van der Waals surface area (Å²) in [5.41, 5.74) is 3.47. The lowest BCUT2D eigenvalue weighted by atomic mass is 10.0. The molecular formula is C20H22N6O2. The Morgan fingerprint density at radius 3 is 2.39 bits per heavy atom. The molecule has 3 heterocycles. The molecule has 1 aliphatic heterocycles. The summed E-state index contributed by atoms with van der Waals surface area (Å²) < 4.78 is 7.63. The second-order valence-electron chi connectivity index (χ2n) is 7.04. The quantitative estimate of drug-likeness (QED) is 0.693. The van der Waals surface area contributed by atoms with E-state index in [1.807, 2.05) is 36.9 Å². The van der Waals surface area contributed by atoms with Crippen LogP contribution in [-0.2, 0) is 0 Å². The number of rotatable bonds is 4. The molecule has 0 unspecified atom stereocenters. The molecule has 1 amide bonds. The molecule has 0 saturated carbocycles. The van der Waals surface area contributed by atoms with Crippen molar-refractivity contribution in [3.63, 3.8) is 0 Å². The fourth-order valence-corrected chi connectivity index (χ4v) is 3.31. The third kappa shape index (κ3) is 3.85. The summed E-state index contributed by atoms with van der Waals surface area (Å²) in [6, 6.07) is 6.22. The number of likely N-dealkylation sites (tertiary alicyclic amines) is 1. The molecular weight excluding hydrogens is 356 g/mol. The van der Waals surface area contributed by atoms with Gasteiger partial charge in [-0.2, -0.15) is 0 Å². The van der Waals surface area contributed by atoms with Crippen molar-refractivity contribution in [1.82, 2.24) is 29.6 Å². The van der Waals surface area contributed by atoms with Gasteiger partial charge in [0.2, 0.25) is 0 Å². The molecule has 4 rings (SSSR count). The smallest absolute Gasteiger partial charge is 0.316 e. The van der Waals surface area contributed by atoms with Crippen molar-refractivity contribution in [1.29, 1.82) is 0 Å². The van der Waals surface area contributed by atoms with Crippen LogP contribution in [0.4, 0.5) is 0 Å². The van der Waals surface area contributed by atoms with Crippen molar-refractivity contribution in [3.8, 4) is 11.7 Å². The Morgan fingerprint density at radius 1 is 1.04 bits per heavy atom. The van der Waals surface area contributed by atoms with Crippen LogP contribution in [-0.4, -0.2) is 54.7 Å². The number of amides is 1. The van der Waals surface area contributed by atoms with E-state index in [0.29, 0.717) is 24.7 Å². The molecule has 0 N–H and O–H groups in total. The van der Waals surface area contributed by atoms with Crippen LogP contribution in [0.2, 0.25) is 0 Å². The molecule has 2 aromatic heterocycles. The zero-order valence-corrected chi connectivity index (χ0v) is 15.9. The van der Waals surface area contributed by atoms with Crippen molar-refractivity contribution in [2.24, 2.45) is 0 Å². The lowest BCUT2D eigenvalue weighted by molar-refractivity contribution is 0.0578. The maximum Gasteiger partial charge on any atom is 0.316 e. The van der Waals surface area contributed by atoms with E-state index < -0.39 is 0 Å². The molecule has 0 bridgehead atoms. The molecule has 0 aliphatic carbocycles. The maximum absolute atomic E-state index is 13.2. The number of nitrogens with zero attached hydrogens (tertiary/aromatic N) is 6. The van der Waals surface area contributed by atoms with E-state index in [-0.39, 0.29) is 12.0 Å². The van der Waals surface area contributed by atoms with Crippen molar-refractivity contribution < 1.29 is 9.53 Å². The lowest BCUT2D eigenvalue weighted by Crippen LogP contribution is -2.42. The molecule has 28 heavy (non-hydrogen) atoms. The predicted molar refractivity (Wildman–Crippen MR) is 102 cm³/mol. The highest BCUT2D eigenvalue weighted by molar-refractivity contribution is 5.98. The van der Waals surface area contributed by atoms with Crippen LogP contribution >= 0.6 is 0 Å². The molecule has 144 valence electrons. The average Bonchev–Trinajstić information content (AvgIpc) is 3.24. The number of hydrogen-bond acceptors (Lipinski definition) is 6. The Bertz CT molecular complexity index is 947. The number of benzene rings is 1. The Balaban J connectivity index is 1.44. The van der Waals surface area contributed by atoms with E-state index in [9.17, 15) is 4.79 Å². The summed E-state index contributed by atoms with van der Waals surface area (Å²) in [6.45, 7) is 5.18. The first-order chi connectivity index (χ1) is 13.6. The predicted octanol–water partition coefficient (Wildman–Crippen LogP) is 2.36. The van der Waals surface area contributed by atoms with Crippen LogP contribution in [0.25, 0.3) is 5.69 Å². The van der Waals surface area contributed by atoms with Gasteiger partial charge in [-0.15, -0.1) is 10.2 Å². The monoisotopic (exact) mass is 378 g/mol. The summed E-state index contributed by atoms with van der Waals surface area (Å²) in [4.78, 5) is 23.4.